The average molecular weight is 718 g/mol. The molecule has 1 fully saturated rings. The summed E-state index contributed by atoms with van der Waals surface area (Å²) < 4.78 is 11.9. The molecule has 12 nitrogen and oxygen atoms in total. The number of likely N-dealkylation sites (tertiary alicyclic amines) is 1. The zero-order valence-electron chi connectivity index (χ0n) is 33.1. The van der Waals surface area contributed by atoms with Crippen molar-refractivity contribution in [1.82, 2.24) is 25.8 Å². The second-order valence-electron chi connectivity index (χ2n) is 15.0. The van der Waals surface area contributed by atoms with Crippen molar-refractivity contribution in [3.63, 3.8) is 0 Å². The Morgan fingerprint density at radius 3 is 2.04 bits per heavy atom. The lowest BCUT2D eigenvalue weighted by Gasteiger charge is -2.41. The van der Waals surface area contributed by atoms with Crippen LogP contribution >= 0.6 is 0 Å². The highest BCUT2D eigenvalue weighted by Crippen LogP contribution is 2.30. The van der Waals surface area contributed by atoms with Crippen LogP contribution in [-0.4, -0.2) is 116 Å². The van der Waals surface area contributed by atoms with E-state index in [9.17, 15) is 24.3 Å². The normalized spacial score (nSPS) is 20.1. The number of ether oxygens (including phenoxy) is 2. The van der Waals surface area contributed by atoms with E-state index in [1.807, 2.05) is 71.9 Å². The molecule has 1 aromatic rings. The van der Waals surface area contributed by atoms with E-state index in [2.05, 4.69) is 16.0 Å². The fourth-order valence-electron chi connectivity index (χ4n) is 7.42. The number of hydrogen-bond donors (Lipinski definition) is 4. The molecule has 1 saturated heterocycles. The van der Waals surface area contributed by atoms with E-state index >= 15 is 0 Å². The SMILES string of the molecule is CC[C@H](C)[C@@H](C(CC(=O)N1CCC[C@H]1[C@H](OC)[C@@H](C)C(=O)NC(C)[C@@H](O)c1ccccc1)OC)N(C)C(=O)[C@@H](NC(=O)[C@@H](NC)C(C)C)C(C)C. The number of rotatable bonds is 20. The Kier molecular flexibility index (Phi) is 18.0. The number of nitrogens with one attached hydrogen (secondary N) is 3. The van der Waals surface area contributed by atoms with Gasteiger partial charge in [-0.1, -0.05) is 85.2 Å². The monoisotopic (exact) mass is 718 g/mol. The minimum atomic E-state index is -0.875. The van der Waals surface area contributed by atoms with Crippen molar-refractivity contribution in [2.45, 2.75) is 130 Å². The van der Waals surface area contributed by atoms with Crippen LogP contribution in [-0.2, 0) is 28.7 Å². The minimum absolute atomic E-state index is 0.0148. The molecule has 51 heavy (non-hydrogen) atoms. The van der Waals surface area contributed by atoms with Crippen molar-refractivity contribution >= 4 is 23.6 Å². The molecule has 0 saturated carbocycles. The van der Waals surface area contributed by atoms with Gasteiger partial charge in [0.05, 0.1) is 54.8 Å². The maximum atomic E-state index is 14.1. The second-order valence-corrected chi connectivity index (χ2v) is 15.0. The number of methoxy groups -OCH3 is 2. The number of benzene rings is 1. The van der Waals surface area contributed by atoms with Crippen molar-refractivity contribution in [2.75, 3.05) is 34.9 Å². The fourth-order valence-corrected chi connectivity index (χ4v) is 7.42. The average Bonchev–Trinajstić information content (AvgIpc) is 3.59. The smallest absolute Gasteiger partial charge is 0.245 e. The Bertz CT molecular complexity index is 1250. The molecule has 4 amide bonds. The van der Waals surface area contributed by atoms with Crippen molar-refractivity contribution in [1.29, 1.82) is 0 Å². The van der Waals surface area contributed by atoms with Gasteiger partial charge in [0.25, 0.3) is 0 Å². The Hall–Kier alpha value is -3.06. The standard InChI is InChI=1S/C39H67N5O7/c1-13-25(6)34(43(10)39(49)33(24(4)5)42-38(48)32(40-9)23(2)3)30(50-11)22-31(45)44-21-17-20-29(44)36(51-12)26(7)37(47)41-27(8)35(46)28-18-15-14-16-19-28/h14-16,18-19,23-27,29-30,32-36,40,46H,13,17,20-22H2,1-12H3,(H,41,47)(H,42,48)/t25-,26+,27?,29-,30?,32-,33-,34-,35+,36+/m0/s1. The number of carbonyl (C=O) groups is 4. The van der Waals surface area contributed by atoms with Gasteiger partial charge in [0, 0.05) is 27.8 Å². The fraction of sp³-hybridized carbons (Fsp3) is 0.744. The molecule has 0 aromatic heterocycles. The van der Waals surface area contributed by atoms with Crippen molar-refractivity contribution in [3.8, 4) is 0 Å². The summed E-state index contributed by atoms with van der Waals surface area (Å²) in [5.74, 6) is -1.62. The molecular formula is C39H67N5O7. The number of nitrogens with zero attached hydrogens (tertiary/aromatic N) is 2. The third-order valence-electron chi connectivity index (χ3n) is 10.7. The van der Waals surface area contributed by atoms with E-state index in [1.165, 1.54) is 0 Å². The van der Waals surface area contributed by atoms with E-state index in [0.717, 1.165) is 12.8 Å². The number of hydrogen-bond acceptors (Lipinski definition) is 8. The molecule has 1 heterocycles. The van der Waals surface area contributed by atoms with Gasteiger partial charge in [-0.2, -0.15) is 0 Å². The van der Waals surface area contributed by atoms with E-state index < -0.39 is 48.4 Å². The van der Waals surface area contributed by atoms with Gasteiger partial charge in [-0.05, 0) is 50.1 Å². The van der Waals surface area contributed by atoms with E-state index in [0.29, 0.717) is 18.5 Å². The molecule has 1 aliphatic heterocycles. The van der Waals surface area contributed by atoms with Crippen molar-refractivity contribution in [3.05, 3.63) is 35.9 Å². The third kappa shape index (κ3) is 11.5. The maximum Gasteiger partial charge on any atom is 0.245 e. The first-order chi connectivity index (χ1) is 24.0. The molecule has 2 rings (SSSR count). The summed E-state index contributed by atoms with van der Waals surface area (Å²) in [5, 5.41) is 19.8. The zero-order chi connectivity index (χ0) is 38.6. The Balaban J connectivity index is 2.24. The van der Waals surface area contributed by atoms with Crippen LogP contribution in [0.4, 0.5) is 0 Å². The molecule has 0 bridgehead atoms. The number of likely N-dealkylation sites (N-methyl/N-ethyl adjacent to an activating group) is 2. The molecule has 12 heteroatoms. The van der Waals surface area contributed by atoms with Gasteiger partial charge in [-0.3, -0.25) is 19.2 Å². The summed E-state index contributed by atoms with van der Waals surface area (Å²) in [4.78, 5) is 58.3. The molecule has 4 N–H and O–H groups in total. The molecular weight excluding hydrogens is 650 g/mol. The molecule has 0 radical (unpaired) electrons. The number of carbonyl (C=O) groups excluding carboxylic acids is 4. The van der Waals surface area contributed by atoms with Crippen LogP contribution in [0.25, 0.3) is 0 Å². The van der Waals surface area contributed by atoms with Gasteiger partial charge in [-0.15, -0.1) is 0 Å². The quantitative estimate of drug-likeness (QED) is 0.160. The van der Waals surface area contributed by atoms with E-state index in [-0.39, 0.29) is 53.8 Å². The first-order valence-electron chi connectivity index (χ1n) is 18.7. The van der Waals surface area contributed by atoms with Crippen LogP contribution in [0.1, 0.15) is 92.7 Å². The van der Waals surface area contributed by atoms with Gasteiger partial charge in [0.2, 0.25) is 23.6 Å². The summed E-state index contributed by atoms with van der Waals surface area (Å²) in [6.07, 6.45) is 0.147. The lowest BCUT2D eigenvalue weighted by Crippen LogP contribution is -2.59. The van der Waals surface area contributed by atoms with E-state index in [1.54, 1.807) is 52.0 Å². The topological polar surface area (TPSA) is 150 Å². The lowest BCUT2D eigenvalue weighted by molar-refractivity contribution is -0.148. The van der Waals surface area contributed by atoms with Gasteiger partial charge in [0.15, 0.2) is 0 Å². The molecule has 0 spiro atoms. The molecule has 10 atom stereocenters. The summed E-state index contributed by atoms with van der Waals surface area (Å²) in [5.41, 5.74) is 0.711. The van der Waals surface area contributed by atoms with E-state index in [4.69, 9.17) is 9.47 Å². The Labute approximate surface area is 306 Å². The zero-order valence-corrected chi connectivity index (χ0v) is 33.1. The molecule has 1 aliphatic rings. The summed E-state index contributed by atoms with van der Waals surface area (Å²) in [6, 6.07) is 6.67. The van der Waals surface area contributed by atoms with Gasteiger partial charge in [-0.25, -0.2) is 0 Å². The molecule has 1 aromatic carbocycles. The first-order valence-corrected chi connectivity index (χ1v) is 18.7. The lowest BCUT2D eigenvalue weighted by atomic mass is 9.89. The van der Waals surface area contributed by atoms with Crippen LogP contribution in [0, 0.1) is 23.7 Å². The number of amides is 4. The summed E-state index contributed by atoms with van der Waals surface area (Å²) >= 11 is 0. The van der Waals surface area contributed by atoms with Crippen LogP contribution < -0.4 is 16.0 Å². The largest absolute Gasteiger partial charge is 0.386 e. The Morgan fingerprint density at radius 1 is 0.922 bits per heavy atom. The number of aliphatic hydroxyl groups is 1. The highest BCUT2D eigenvalue weighted by Gasteiger charge is 2.43. The van der Waals surface area contributed by atoms with Crippen LogP contribution in [0.15, 0.2) is 30.3 Å². The third-order valence-corrected chi connectivity index (χ3v) is 10.7. The van der Waals surface area contributed by atoms with Crippen LogP contribution in [0.5, 0.6) is 0 Å². The summed E-state index contributed by atoms with van der Waals surface area (Å²) in [7, 11) is 6.57. The first kappa shape index (κ1) is 44.1. The van der Waals surface area contributed by atoms with Gasteiger partial charge in [0.1, 0.15) is 6.04 Å². The highest BCUT2D eigenvalue weighted by atomic mass is 16.5. The minimum Gasteiger partial charge on any atom is -0.386 e. The highest BCUT2D eigenvalue weighted by molar-refractivity contribution is 5.90. The molecule has 2 unspecified atom stereocenters. The predicted octanol–water partition coefficient (Wildman–Crippen LogP) is 3.53. The second kappa shape index (κ2) is 20.8. The molecule has 0 aliphatic carbocycles. The van der Waals surface area contributed by atoms with Crippen molar-refractivity contribution < 1.29 is 33.8 Å². The predicted molar refractivity (Wildman–Crippen MR) is 200 cm³/mol. The summed E-state index contributed by atoms with van der Waals surface area (Å²) in [6.45, 7) is 15.9. The van der Waals surface area contributed by atoms with Crippen molar-refractivity contribution in [2.24, 2.45) is 23.7 Å². The van der Waals surface area contributed by atoms with Gasteiger partial charge < -0.3 is 40.3 Å². The molecule has 290 valence electrons. The van der Waals surface area contributed by atoms with Crippen LogP contribution in [0.2, 0.25) is 0 Å². The maximum absolute atomic E-state index is 14.1. The van der Waals surface area contributed by atoms with Crippen LogP contribution in [0.3, 0.4) is 0 Å². The number of aliphatic hydroxyl groups excluding tert-OH is 1. The van der Waals surface area contributed by atoms with Gasteiger partial charge >= 0.3 is 0 Å². The Morgan fingerprint density at radius 2 is 1.53 bits per heavy atom.